The lowest BCUT2D eigenvalue weighted by molar-refractivity contribution is 0.324. The summed E-state index contributed by atoms with van der Waals surface area (Å²) >= 11 is 3.46. The van der Waals surface area contributed by atoms with Crippen LogP contribution in [0.4, 0.5) is 0 Å². The maximum Gasteiger partial charge on any atom is 0.175 e. The highest BCUT2D eigenvalue weighted by Gasteiger charge is 2.10. The van der Waals surface area contributed by atoms with Crippen molar-refractivity contribution in [3.63, 3.8) is 0 Å². The molecule has 0 aliphatic carbocycles. The van der Waals surface area contributed by atoms with Gasteiger partial charge in [-0.15, -0.1) is 10.2 Å². The van der Waals surface area contributed by atoms with Crippen LogP contribution >= 0.6 is 15.9 Å². The summed E-state index contributed by atoms with van der Waals surface area (Å²) in [5.41, 5.74) is 0.855. The lowest BCUT2D eigenvalue weighted by atomic mass is 10.2. The highest BCUT2D eigenvalue weighted by atomic mass is 79.9. The van der Waals surface area contributed by atoms with Gasteiger partial charge in [0.15, 0.2) is 11.5 Å². The topological polar surface area (TPSA) is 61.5 Å². The van der Waals surface area contributed by atoms with Crippen molar-refractivity contribution in [3.05, 3.63) is 47.5 Å². The fraction of sp³-hybridized carbons (Fsp3) is 0.154. The minimum Gasteiger partial charge on any atom is -0.493 e. The third kappa shape index (κ3) is 3.45. The van der Waals surface area contributed by atoms with E-state index in [2.05, 4.69) is 37.8 Å². The number of aromatic nitrogens is 3. The second-order valence-corrected chi connectivity index (χ2v) is 4.57. The fourth-order valence-electron chi connectivity index (χ4n) is 1.48. The molecule has 20 heavy (non-hydrogen) atoms. The first-order chi connectivity index (χ1) is 9.74. The van der Waals surface area contributed by atoms with Gasteiger partial charge in [0.1, 0.15) is 19.3 Å². The van der Waals surface area contributed by atoms with Gasteiger partial charge in [-0.3, -0.25) is 0 Å². The van der Waals surface area contributed by atoms with Crippen molar-refractivity contribution in [1.82, 2.24) is 14.9 Å². The molecule has 6 nitrogen and oxygen atoms in total. The molecule has 0 saturated carbocycles. The van der Waals surface area contributed by atoms with Crippen molar-refractivity contribution in [2.24, 2.45) is 5.10 Å². The lowest BCUT2D eigenvalue weighted by Crippen LogP contribution is -1.98. The summed E-state index contributed by atoms with van der Waals surface area (Å²) in [6.07, 6.45) is 6.36. The number of rotatable bonds is 6. The Labute approximate surface area is 124 Å². The molecule has 1 heterocycles. The first-order valence-electron chi connectivity index (χ1n) is 5.75. The molecule has 0 fully saturated rings. The molecule has 0 amide bonds. The van der Waals surface area contributed by atoms with Crippen molar-refractivity contribution >= 4 is 22.1 Å². The average molecular weight is 337 g/mol. The predicted octanol–water partition coefficient (Wildman–Crippen LogP) is 2.50. The zero-order valence-corrected chi connectivity index (χ0v) is 12.4. The second kappa shape index (κ2) is 6.85. The highest BCUT2D eigenvalue weighted by Crippen LogP contribution is 2.36. The lowest BCUT2D eigenvalue weighted by Gasteiger charge is -2.12. The minimum atomic E-state index is 0.406. The molecule has 1 aromatic heterocycles. The molecule has 1 aromatic carbocycles. The Balaban J connectivity index is 2.27. The molecule has 0 atom stereocenters. The van der Waals surface area contributed by atoms with Crippen LogP contribution in [-0.4, -0.2) is 34.8 Å². The van der Waals surface area contributed by atoms with E-state index in [-0.39, 0.29) is 0 Å². The quantitative estimate of drug-likeness (QED) is 0.600. The number of halogens is 1. The maximum absolute atomic E-state index is 5.55. The van der Waals surface area contributed by atoms with E-state index >= 15 is 0 Å². The van der Waals surface area contributed by atoms with Crippen LogP contribution < -0.4 is 9.47 Å². The number of nitrogens with zero attached hydrogens (tertiary/aromatic N) is 4. The molecule has 2 aromatic rings. The van der Waals surface area contributed by atoms with Gasteiger partial charge >= 0.3 is 0 Å². The maximum atomic E-state index is 5.55. The van der Waals surface area contributed by atoms with E-state index < -0.39 is 0 Å². The largest absolute Gasteiger partial charge is 0.493 e. The molecule has 2 rings (SSSR count). The van der Waals surface area contributed by atoms with Gasteiger partial charge in [-0.25, -0.2) is 4.68 Å². The van der Waals surface area contributed by atoms with Crippen LogP contribution in [0.1, 0.15) is 5.56 Å². The van der Waals surface area contributed by atoms with Gasteiger partial charge in [0.05, 0.1) is 17.8 Å². The summed E-state index contributed by atoms with van der Waals surface area (Å²) in [6.45, 7) is 4.03. The van der Waals surface area contributed by atoms with E-state index in [4.69, 9.17) is 9.47 Å². The van der Waals surface area contributed by atoms with Gasteiger partial charge in [0, 0.05) is 0 Å². The minimum absolute atomic E-state index is 0.406. The monoisotopic (exact) mass is 336 g/mol. The molecule has 0 N–H and O–H groups in total. The van der Waals surface area contributed by atoms with Crippen molar-refractivity contribution in [2.75, 3.05) is 13.7 Å². The van der Waals surface area contributed by atoms with Gasteiger partial charge in [0.2, 0.25) is 0 Å². The molecule has 0 aliphatic rings. The van der Waals surface area contributed by atoms with Crippen molar-refractivity contribution in [1.29, 1.82) is 0 Å². The number of ether oxygens (including phenoxy) is 2. The number of hydrogen-bond acceptors (Lipinski definition) is 5. The summed E-state index contributed by atoms with van der Waals surface area (Å²) in [4.78, 5) is 0. The number of hydrogen-bond donors (Lipinski definition) is 0. The fourth-order valence-corrected chi connectivity index (χ4v) is 2.06. The SMILES string of the molecule is C=CCOc1c(Br)cc(C=Nn2cnnc2)cc1OC. The normalized spacial score (nSPS) is 10.7. The van der Waals surface area contributed by atoms with Crippen LogP contribution in [0.25, 0.3) is 0 Å². The molecule has 0 spiro atoms. The summed E-state index contributed by atoms with van der Waals surface area (Å²) in [5, 5.41) is 11.5. The highest BCUT2D eigenvalue weighted by molar-refractivity contribution is 9.10. The Hall–Kier alpha value is -2.15. The zero-order chi connectivity index (χ0) is 14.4. The van der Waals surface area contributed by atoms with Crippen molar-refractivity contribution in [2.45, 2.75) is 0 Å². The molecule has 0 aliphatic heterocycles. The number of methoxy groups -OCH3 is 1. The standard InChI is InChI=1S/C13H13BrN4O2/c1-3-4-20-13-11(14)5-10(6-12(13)19-2)7-17-18-8-15-16-9-18/h3,5-9H,1,4H2,2H3. The second-order valence-electron chi connectivity index (χ2n) is 3.72. The molecular weight excluding hydrogens is 324 g/mol. The molecule has 0 unspecified atom stereocenters. The molecule has 104 valence electrons. The molecular formula is C13H13BrN4O2. The summed E-state index contributed by atoms with van der Waals surface area (Å²) < 4.78 is 13.2. The van der Waals surface area contributed by atoms with Gasteiger partial charge in [-0.05, 0) is 33.6 Å². The number of benzene rings is 1. The van der Waals surface area contributed by atoms with E-state index in [1.165, 1.54) is 17.3 Å². The van der Waals surface area contributed by atoms with Crippen LogP contribution in [0.2, 0.25) is 0 Å². The smallest absolute Gasteiger partial charge is 0.175 e. The zero-order valence-electron chi connectivity index (χ0n) is 10.9. The van der Waals surface area contributed by atoms with Gasteiger partial charge in [-0.1, -0.05) is 12.7 Å². The molecule has 0 radical (unpaired) electrons. The van der Waals surface area contributed by atoms with Gasteiger partial charge in [0.25, 0.3) is 0 Å². The molecule has 0 saturated heterocycles. The Bertz CT molecular complexity index is 611. The summed E-state index contributed by atoms with van der Waals surface area (Å²) in [6, 6.07) is 3.71. The van der Waals surface area contributed by atoms with Crippen LogP contribution in [0, 0.1) is 0 Å². The summed E-state index contributed by atoms with van der Waals surface area (Å²) in [5.74, 6) is 1.25. The van der Waals surface area contributed by atoms with Gasteiger partial charge < -0.3 is 9.47 Å². The van der Waals surface area contributed by atoms with Crippen LogP contribution in [0.5, 0.6) is 11.5 Å². The predicted molar refractivity (Wildman–Crippen MR) is 79.4 cm³/mol. The van der Waals surface area contributed by atoms with E-state index in [1.54, 1.807) is 19.4 Å². The van der Waals surface area contributed by atoms with E-state index in [9.17, 15) is 0 Å². The Kier molecular flexibility index (Phi) is 4.89. The average Bonchev–Trinajstić information content (AvgIpc) is 2.96. The molecule has 7 heteroatoms. The van der Waals surface area contributed by atoms with Crippen LogP contribution in [-0.2, 0) is 0 Å². The first kappa shape index (κ1) is 14.3. The van der Waals surface area contributed by atoms with Gasteiger partial charge in [-0.2, -0.15) is 5.10 Å². The van der Waals surface area contributed by atoms with Crippen molar-refractivity contribution in [3.8, 4) is 11.5 Å². The van der Waals surface area contributed by atoms with E-state index in [1.807, 2.05) is 12.1 Å². The third-order valence-electron chi connectivity index (χ3n) is 2.34. The molecule has 0 bridgehead atoms. The van der Waals surface area contributed by atoms with Crippen molar-refractivity contribution < 1.29 is 9.47 Å². The van der Waals surface area contributed by atoms with Crippen LogP contribution in [0.3, 0.4) is 0 Å². The Morgan fingerprint density at radius 2 is 2.15 bits per heavy atom. The van der Waals surface area contributed by atoms with E-state index in [0.717, 1.165) is 10.0 Å². The summed E-state index contributed by atoms with van der Waals surface area (Å²) in [7, 11) is 1.59. The Morgan fingerprint density at radius 3 is 2.80 bits per heavy atom. The Morgan fingerprint density at radius 1 is 1.40 bits per heavy atom. The van der Waals surface area contributed by atoms with Crippen LogP contribution in [0.15, 0.2) is 47.0 Å². The first-order valence-corrected chi connectivity index (χ1v) is 6.54. The third-order valence-corrected chi connectivity index (χ3v) is 2.93. The van der Waals surface area contributed by atoms with E-state index in [0.29, 0.717) is 18.1 Å².